The summed E-state index contributed by atoms with van der Waals surface area (Å²) < 4.78 is 11.1. The number of hydrogen-bond acceptors (Lipinski definition) is 6. The van der Waals surface area contributed by atoms with Crippen LogP contribution in [0.15, 0.2) is 42.5 Å². The highest BCUT2D eigenvalue weighted by molar-refractivity contribution is 6.12. The summed E-state index contributed by atoms with van der Waals surface area (Å²) >= 11 is 0. The molecule has 2 aromatic rings. The number of carbonyl (C=O) groups is 4. The van der Waals surface area contributed by atoms with Crippen LogP contribution in [0.4, 0.5) is 16.2 Å². The molecule has 176 valence electrons. The van der Waals surface area contributed by atoms with E-state index in [9.17, 15) is 19.2 Å². The first-order chi connectivity index (χ1) is 16.3. The molecular formula is C24H24N4O6. The van der Waals surface area contributed by atoms with Gasteiger partial charge in [-0.3, -0.25) is 19.3 Å². The van der Waals surface area contributed by atoms with Gasteiger partial charge in [-0.1, -0.05) is 18.2 Å². The first-order valence-electron chi connectivity index (χ1n) is 11.0. The fourth-order valence-corrected chi connectivity index (χ4v) is 4.57. The molecule has 0 aromatic heterocycles. The van der Waals surface area contributed by atoms with Crippen molar-refractivity contribution in [2.24, 2.45) is 0 Å². The van der Waals surface area contributed by atoms with Gasteiger partial charge in [0.05, 0.1) is 11.4 Å². The first kappa shape index (κ1) is 21.7. The fraction of sp³-hybridized carbons (Fsp3) is 0.333. The summed E-state index contributed by atoms with van der Waals surface area (Å²) in [6.45, 7) is 3.72. The number of hydrogen-bond donors (Lipinski definition) is 2. The van der Waals surface area contributed by atoms with Gasteiger partial charge in [-0.05, 0) is 43.7 Å². The molecule has 10 nitrogen and oxygen atoms in total. The number of para-hydroxylation sites is 2. The molecule has 2 unspecified atom stereocenters. The van der Waals surface area contributed by atoms with Crippen molar-refractivity contribution in [2.45, 2.75) is 31.8 Å². The van der Waals surface area contributed by atoms with Crippen LogP contribution in [0.3, 0.4) is 0 Å². The molecular weight excluding hydrogens is 440 g/mol. The smallest absolute Gasteiger partial charge is 0.325 e. The Morgan fingerprint density at radius 2 is 1.82 bits per heavy atom. The Labute approximate surface area is 195 Å². The molecule has 5 amide bonds. The summed E-state index contributed by atoms with van der Waals surface area (Å²) in [5.74, 6) is -0.164. The maximum Gasteiger partial charge on any atom is 0.325 e. The van der Waals surface area contributed by atoms with Gasteiger partial charge >= 0.3 is 6.03 Å². The van der Waals surface area contributed by atoms with Crippen molar-refractivity contribution in [3.8, 4) is 11.5 Å². The molecule has 3 aliphatic rings. The average Bonchev–Trinajstić information content (AvgIpc) is 2.95. The van der Waals surface area contributed by atoms with E-state index in [4.69, 9.17) is 9.47 Å². The lowest BCUT2D eigenvalue weighted by molar-refractivity contribution is -0.134. The molecule has 2 atom stereocenters. The summed E-state index contributed by atoms with van der Waals surface area (Å²) in [5, 5.41) is 5.51. The Kier molecular flexibility index (Phi) is 5.15. The number of carbonyl (C=O) groups excluding carboxylic acids is 4. The molecule has 0 radical (unpaired) electrons. The van der Waals surface area contributed by atoms with Crippen molar-refractivity contribution in [1.82, 2.24) is 10.2 Å². The first-order valence-corrected chi connectivity index (χ1v) is 11.0. The molecule has 5 rings (SSSR count). The highest BCUT2D eigenvalue weighted by Crippen LogP contribution is 2.37. The van der Waals surface area contributed by atoms with E-state index < -0.39 is 36.0 Å². The van der Waals surface area contributed by atoms with Gasteiger partial charge in [-0.2, -0.15) is 0 Å². The van der Waals surface area contributed by atoms with Crippen molar-refractivity contribution in [2.75, 3.05) is 30.0 Å². The van der Waals surface area contributed by atoms with Gasteiger partial charge in [0, 0.05) is 12.5 Å². The topological polar surface area (TPSA) is 117 Å². The van der Waals surface area contributed by atoms with E-state index in [1.165, 1.54) is 4.90 Å². The summed E-state index contributed by atoms with van der Waals surface area (Å²) in [6.07, 6.45) is 0.0927. The molecule has 1 fully saturated rings. The lowest BCUT2D eigenvalue weighted by Crippen LogP contribution is -2.47. The Morgan fingerprint density at radius 3 is 2.62 bits per heavy atom. The van der Waals surface area contributed by atoms with E-state index in [1.54, 1.807) is 56.3 Å². The Hall–Kier alpha value is -4.08. The van der Waals surface area contributed by atoms with Crippen LogP contribution in [0.2, 0.25) is 0 Å². The number of nitrogens with one attached hydrogen (secondary N) is 2. The molecule has 0 aliphatic carbocycles. The summed E-state index contributed by atoms with van der Waals surface area (Å²) in [4.78, 5) is 54.2. The van der Waals surface area contributed by atoms with E-state index in [0.717, 1.165) is 4.90 Å². The Bertz CT molecular complexity index is 1210. The third-order valence-electron chi connectivity index (χ3n) is 6.32. The molecule has 34 heavy (non-hydrogen) atoms. The third-order valence-corrected chi connectivity index (χ3v) is 6.32. The molecule has 2 aromatic carbocycles. The van der Waals surface area contributed by atoms with E-state index >= 15 is 0 Å². The zero-order valence-corrected chi connectivity index (χ0v) is 18.8. The van der Waals surface area contributed by atoms with Crippen LogP contribution in [-0.4, -0.2) is 54.5 Å². The van der Waals surface area contributed by atoms with Crippen molar-refractivity contribution >= 4 is 35.1 Å². The number of imide groups is 1. The maximum atomic E-state index is 13.4. The second-order valence-corrected chi connectivity index (χ2v) is 8.69. The van der Waals surface area contributed by atoms with Crippen LogP contribution in [0.5, 0.6) is 11.5 Å². The van der Waals surface area contributed by atoms with Crippen molar-refractivity contribution < 1.29 is 28.7 Å². The second-order valence-electron chi connectivity index (χ2n) is 8.69. The Balaban J connectivity index is 1.41. The van der Waals surface area contributed by atoms with Gasteiger partial charge in [-0.25, -0.2) is 4.79 Å². The standard InChI is InChI=1S/C24H24N4O6/c1-14-11-20(29)25-16-5-3-4-6-17(16)28(14)21(30)13-27-22(31)24(2,26-23(27)32)15-7-8-18-19(12-15)34-10-9-33-18/h3-8,12,14H,9-11,13H2,1-2H3,(H,25,29)(H,26,32). The average molecular weight is 464 g/mol. The highest BCUT2D eigenvalue weighted by Gasteiger charge is 2.50. The predicted octanol–water partition coefficient (Wildman–Crippen LogP) is 1.99. The number of fused-ring (bicyclic) bond motifs is 2. The minimum absolute atomic E-state index is 0.0927. The van der Waals surface area contributed by atoms with Gasteiger partial charge < -0.3 is 25.0 Å². The summed E-state index contributed by atoms with van der Waals surface area (Å²) in [7, 11) is 0. The molecule has 1 saturated heterocycles. The lowest BCUT2D eigenvalue weighted by Gasteiger charge is -2.29. The van der Waals surface area contributed by atoms with Crippen LogP contribution in [-0.2, 0) is 19.9 Å². The summed E-state index contributed by atoms with van der Waals surface area (Å²) in [5.41, 5.74) is 0.178. The quantitative estimate of drug-likeness (QED) is 0.671. The SMILES string of the molecule is CC1CC(=O)Nc2ccccc2N1C(=O)CN1C(=O)NC(C)(c2ccc3c(c2)OCCO3)C1=O. The number of ether oxygens (including phenoxy) is 2. The van der Waals surface area contributed by atoms with E-state index in [2.05, 4.69) is 10.6 Å². The van der Waals surface area contributed by atoms with Crippen LogP contribution < -0.4 is 25.0 Å². The predicted molar refractivity (Wildman–Crippen MR) is 122 cm³/mol. The lowest BCUT2D eigenvalue weighted by atomic mass is 9.91. The number of nitrogens with zero attached hydrogens (tertiary/aromatic N) is 2. The summed E-state index contributed by atoms with van der Waals surface area (Å²) in [6, 6.07) is 10.9. The van der Waals surface area contributed by atoms with Crippen LogP contribution in [0.1, 0.15) is 25.8 Å². The van der Waals surface area contributed by atoms with Crippen LogP contribution >= 0.6 is 0 Å². The van der Waals surface area contributed by atoms with E-state index in [0.29, 0.717) is 41.7 Å². The molecule has 0 saturated carbocycles. The number of amides is 5. The fourth-order valence-electron chi connectivity index (χ4n) is 4.57. The van der Waals surface area contributed by atoms with E-state index in [-0.39, 0.29) is 12.3 Å². The normalized spacial score (nSPS) is 23.7. The molecule has 0 bridgehead atoms. The van der Waals surface area contributed by atoms with Crippen molar-refractivity contribution in [3.63, 3.8) is 0 Å². The molecule has 0 spiro atoms. The number of anilines is 2. The van der Waals surface area contributed by atoms with Gasteiger partial charge in [0.25, 0.3) is 5.91 Å². The molecule has 2 N–H and O–H groups in total. The van der Waals surface area contributed by atoms with Gasteiger partial charge in [0.1, 0.15) is 25.3 Å². The number of rotatable bonds is 3. The van der Waals surface area contributed by atoms with Gasteiger partial charge in [0.15, 0.2) is 11.5 Å². The highest BCUT2D eigenvalue weighted by atomic mass is 16.6. The van der Waals surface area contributed by atoms with Gasteiger partial charge in [0.2, 0.25) is 11.8 Å². The zero-order valence-electron chi connectivity index (χ0n) is 18.8. The molecule has 10 heteroatoms. The van der Waals surface area contributed by atoms with Crippen LogP contribution in [0.25, 0.3) is 0 Å². The van der Waals surface area contributed by atoms with E-state index in [1.807, 2.05) is 0 Å². The number of benzene rings is 2. The largest absolute Gasteiger partial charge is 0.486 e. The second kappa shape index (κ2) is 8.05. The minimum atomic E-state index is -1.37. The number of urea groups is 1. The monoisotopic (exact) mass is 464 g/mol. The molecule has 3 heterocycles. The third kappa shape index (κ3) is 3.51. The molecule has 3 aliphatic heterocycles. The minimum Gasteiger partial charge on any atom is -0.486 e. The van der Waals surface area contributed by atoms with Crippen LogP contribution in [0, 0.1) is 0 Å². The van der Waals surface area contributed by atoms with Crippen molar-refractivity contribution in [1.29, 1.82) is 0 Å². The zero-order chi connectivity index (χ0) is 24.0. The maximum absolute atomic E-state index is 13.4. The van der Waals surface area contributed by atoms with Gasteiger partial charge in [-0.15, -0.1) is 0 Å². The Morgan fingerprint density at radius 1 is 1.09 bits per heavy atom. The van der Waals surface area contributed by atoms with Crippen molar-refractivity contribution in [3.05, 3.63) is 48.0 Å².